The third-order valence-corrected chi connectivity index (χ3v) is 6.12. The smallest absolute Gasteiger partial charge is 0.270 e. The number of hydrogen-bond donors (Lipinski definition) is 2. The van der Waals surface area contributed by atoms with Crippen LogP contribution in [0, 0.1) is 12.7 Å². The van der Waals surface area contributed by atoms with Crippen LogP contribution in [0.25, 0.3) is 22.9 Å². The number of para-hydroxylation sites is 1. The molecular formula is C27H24FN7O. The Balaban J connectivity index is 1.40. The van der Waals surface area contributed by atoms with Gasteiger partial charge in [-0.3, -0.25) is 13.8 Å². The van der Waals surface area contributed by atoms with Gasteiger partial charge >= 0.3 is 0 Å². The summed E-state index contributed by atoms with van der Waals surface area (Å²) >= 11 is 0. The molecule has 0 atom stereocenters. The molecule has 36 heavy (non-hydrogen) atoms. The third-order valence-electron chi connectivity index (χ3n) is 6.12. The molecule has 6 rings (SSSR count). The summed E-state index contributed by atoms with van der Waals surface area (Å²) in [6.07, 6.45) is 7.39. The number of nitrogens with zero attached hydrogens (tertiary/aromatic N) is 5. The molecule has 5 aromatic rings. The molecule has 0 saturated heterocycles. The number of pyridine rings is 2. The van der Waals surface area contributed by atoms with Crippen molar-refractivity contribution in [1.82, 2.24) is 29.2 Å². The van der Waals surface area contributed by atoms with Crippen LogP contribution in [-0.2, 0) is 6.54 Å². The van der Waals surface area contributed by atoms with E-state index in [9.17, 15) is 9.18 Å². The lowest BCUT2D eigenvalue weighted by Gasteiger charge is -2.10. The monoisotopic (exact) mass is 481 g/mol. The molecular weight excluding hydrogens is 457 g/mol. The largest absolute Gasteiger partial charge is 0.377 e. The number of fused-ring (bicyclic) bond motifs is 1. The second-order valence-electron chi connectivity index (χ2n) is 8.93. The van der Waals surface area contributed by atoms with Crippen molar-refractivity contribution in [3.05, 3.63) is 96.1 Å². The van der Waals surface area contributed by atoms with Gasteiger partial charge in [-0.25, -0.2) is 19.3 Å². The number of aromatic nitrogens is 5. The van der Waals surface area contributed by atoms with Gasteiger partial charge in [0.1, 0.15) is 22.9 Å². The molecule has 1 aromatic carbocycles. The zero-order valence-corrected chi connectivity index (χ0v) is 19.6. The van der Waals surface area contributed by atoms with Crippen molar-refractivity contribution in [1.29, 1.82) is 0 Å². The van der Waals surface area contributed by atoms with E-state index in [-0.39, 0.29) is 17.8 Å². The molecule has 1 fully saturated rings. The lowest BCUT2D eigenvalue weighted by Crippen LogP contribution is -2.26. The topological polar surface area (TPSA) is 89.1 Å². The summed E-state index contributed by atoms with van der Waals surface area (Å²) in [4.78, 5) is 26.6. The van der Waals surface area contributed by atoms with Gasteiger partial charge < -0.3 is 10.6 Å². The number of halogens is 1. The van der Waals surface area contributed by atoms with E-state index in [4.69, 9.17) is 4.98 Å². The zero-order chi connectivity index (χ0) is 24.6. The fourth-order valence-electron chi connectivity index (χ4n) is 4.12. The molecule has 1 saturated carbocycles. The number of rotatable bonds is 7. The Labute approximate surface area is 206 Å². The molecule has 4 heterocycles. The highest BCUT2D eigenvalue weighted by molar-refractivity contribution is 5.93. The van der Waals surface area contributed by atoms with Crippen molar-refractivity contribution in [3.63, 3.8) is 0 Å². The van der Waals surface area contributed by atoms with Gasteiger partial charge in [0.15, 0.2) is 5.82 Å². The predicted octanol–water partition coefficient (Wildman–Crippen LogP) is 4.53. The molecule has 2 N–H and O–H groups in total. The predicted molar refractivity (Wildman–Crippen MR) is 134 cm³/mol. The Hall–Kier alpha value is -4.53. The van der Waals surface area contributed by atoms with E-state index in [0.29, 0.717) is 40.8 Å². The molecule has 8 nitrogen and oxygen atoms in total. The molecule has 9 heteroatoms. The van der Waals surface area contributed by atoms with Crippen LogP contribution in [0.1, 0.15) is 34.7 Å². The average Bonchev–Trinajstić information content (AvgIpc) is 3.43. The fraction of sp³-hybridized carbons (Fsp3) is 0.185. The van der Waals surface area contributed by atoms with Gasteiger partial charge in [-0.15, -0.1) is 0 Å². The maximum atomic E-state index is 14.1. The van der Waals surface area contributed by atoms with Crippen LogP contribution in [0.5, 0.6) is 0 Å². The van der Waals surface area contributed by atoms with Gasteiger partial charge in [-0.2, -0.15) is 0 Å². The van der Waals surface area contributed by atoms with Crippen LogP contribution in [-0.4, -0.2) is 35.9 Å². The van der Waals surface area contributed by atoms with Crippen LogP contribution < -0.4 is 10.6 Å². The summed E-state index contributed by atoms with van der Waals surface area (Å²) in [6.45, 7) is 2.26. The SMILES string of the molecule is Cc1cccc(-c2nc(CNc3ccccc3F)cn2-c2ccc3ncc(C(=O)NC4CC4)n3c2)n1. The molecule has 4 aromatic heterocycles. The Bertz CT molecular complexity index is 1580. The summed E-state index contributed by atoms with van der Waals surface area (Å²) in [5.74, 6) is 0.190. The molecule has 1 aliphatic carbocycles. The minimum absolute atomic E-state index is 0.136. The van der Waals surface area contributed by atoms with E-state index in [2.05, 4.69) is 20.6 Å². The molecule has 0 unspecified atom stereocenters. The van der Waals surface area contributed by atoms with Gasteiger partial charge in [0.25, 0.3) is 5.91 Å². The second-order valence-corrected chi connectivity index (χ2v) is 8.93. The van der Waals surface area contributed by atoms with Gasteiger partial charge in [-0.1, -0.05) is 18.2 Å². The molecule has 1 amide bonds. The second kappa shape index (κ2) is 8.92. The number of imidazole rings is 2. The van der Waals surface area contributed by atoms with E-state index < -0.39 is 0 Å². The Morgan fingerprint density at radius 3 is 2.72 bits per heavy atom. The minimum atomic E-state index is -0.319. The van der Waals surface area contributed by atoms with Gasteiger partial charge in [0, 0.05) is 24.1 Å². The third kappa shape index (κ3) is 4.31. The van der Waals surface area contributed by atoms with Crippen LogP contribution in [0.4, 0.5) is 10.1 Å². The first-order chi connectivity index (χ1) is 17.5. The summed E-state index contributed by atoms with van der Waals surface area (Å²) < 4.78 is 17.8. The highest BCUT2D eigenvalue weighted by atomic mass is 19.1. The summed E-state index contributed by atoms with van der Waals surface area (Å²) in [5, 5.41) is 6.14. The van der Waals surface area contributed by atoms with Crippen LogP contribution >= 0.6 is 0 Å². The maximum Gasteiger partial charge on any atom is 0.270 e. The van der Waals surface area contributed by atoms with Crippen molar-refractivity contribution in [2.24, 2.45) is 0 Å². The van der Waals surface area contributed by atoms with Crippen molar-refractivity contribution >= 4 is 17.2 Å². The van der Waals surface area contributed by atoms with Crippen LogP contribution in [0.15, 0.2) is 73.2 Å². The Kier molecular flexibility index (Phi) is 5.44. The number of hydrogen-bond acceptors (Lipinski definition) is 5. The van der Waals surface area contributed by atoms with E-state index in [0.717, 1.165) is 24.2 Å². The van der Waals surface area contributed by atoms with Crippen LogP contribution in [0.2, 0.25) is 0 Å². The highest BCUT2D eigenvalue weighted by Crippen LogP contribution is 2.24. The van der Waals surface area contributed by atoms with Gasteiger partial charge in [0.05, 0.1) is 29.8 Å². The van der Waals surface area contributed by atoms with Crippen molar-refractivity contribution in [2.75, 3.05) is 5.32 Å². The van der Waals surface area contributed by atoms with Gasteiger partial charge in [-0.05, 0) is 56.2 Å². The van der Waals surface area contributed by atoms with Crippen LogP contribution in [0.3, 0.4) is 0 Å². The van der Waals surface area contributed by atoms with Crippen molar-refractivity contribution < 1.29 is 9.18 Å². The number of amides is 1. The van der Waals surface area contributed by atoms with E-state index in [1.165, 1.54) is 6.07 Å². The number of aryl methyl sites for hydroxylation is 1. The van der Waals surface area contributed by atoms with E-state index in [1.54, 1.807) is 28.8 Å². The van der Waals surface area contributed by atoms with Gasteiger partial charge in [0.2, 0.25) is 0 Å². The lowest BCUT2D eigenvalue weighted by molar-refractivity contribution is 0.0945. The average molecular weight is 482 g/mol. The molecule has 0 bridgehead atoms. The molecule has 0 radical (unpaired) electrons. The number of benzene rings is 1. The number of nitrogens with one attached hydrogen (secondary N) is 2. The summed E-state index contributed by atoms with van der Waals surface area (Å²) in [6, 6.07) is 16.4. The fourth-order valence-corrected chi connectivity index (χ4v) is 4.12. The first kappa shape index (κ1) is 22.0. The first-order valence-electron chi connectivity index (χ1n) is 11.8. The number of carbonyl (C=O) groups is 1. The van der Waals surface area contributed by atoms with E-state index >= 15 is 0 Å². The first-order valence-corrected chi connectivity index (χ1v) is 11.8. The maximum absolute atomic E-state index is 14.1. The molecule has 0 aliphatic heterocycles. The summed E-state index contributed by atoms with van der Waals surface area (Å²) in [5.41, 5.74) is 4.67. The Morgan fingerprint density at radius 1 is 1.06 bits per heavy atom. The number of anilines is 1. The molecule has 180 valence electrons. The normalized spacial score (nSPS) is 13.2. The van der Waals surface area contributed by atoms with Crippen molar-refractivity contribution in [2.45, 2.75) is 32.4 Å². The van der Waals surface area contributed by atoms with Crippen molar-refractivity contribution in [3.8, 4) is 17.2 Å². The standard InChI is InChI=1S/C27H24FN7O/c1-17-5-4-8-23(31-17)26-32-19(13-29-22-7-3-2-6-21(22)28)15-34(26)20-11-12-25-30-14-24(35(25)16-20)27(36)33-18-9-10-18/h2-8,11-12,14-16,18,29H,9-10,13H2,1H3,(H,33,36). The quantitative estimate of drug-likeness (QED) is 0.357. The molecule has 1 aliphatic rings. The zero-order valence-electron chi connectivity index (χ0n) is 19.6. The minimum Gasteiger partial charge on any atom is -0.377 e. The van der Waals surface area contributed by atoms with E-state index in [1.807, 2.05) is 54.2 Å². The summed E-state index contributed by atoms with van der Waals surface area (Å²) in [7, 11) is 0. The highest BCUT2D eigenvalue weighted by Gasteiger charge is 2.25. The molecule has 0 spiro atoms. The lowest BCUT2D eigenvalue weighted by atomic mass is 10.3. The Morgan fingerprint density at radius 2 is 1.92 bits per heavy atom. The number of carbonyl (C=O) groups excluding carboxylic acids is 1.